The maximum Gasteiger partial charge on any atom is 0.227 e. The molecule has 1 fully saturated rings. The summed E-state index contributed by atoms with van der Waals surface area (Å²) in [5.41, 5.74) is 4.30. The van der Waals surface area contributed by atoms with Crippen molar-refractivity contribution >= 4 is 34.8 Å². The minimum atomic E-state index is 0.120. The van der Waals surface area contributed by atoms with E-state index in [1.54, 1.807) is 0 Å². The topological polar surface area (TPSA) is 32.3 Å². The molecule has 4 rings (SSSR count). The van der Waals surface area contributed by atoms with E-state index in [-0.39, 0.29) is 17.7 Å². The van der Waals surface area contributed by atoms with E-state index in [2.05, 4.69) is 23.3 Å². The lowest BCUT2D eigenvalue weighted by Crippen LogP contribution is -2.32. The van der Waals surface area contributed by atoms with E-state index in [1.165, 1.54) is 0 Å². The Morgan fingerprint density at radius 2 is 1.85 bits per heavy atom. The second kappa shape index (κ2) is 7.83. The first-order valence-corrected chi connectivity index (χ1v) is 10.3. The van der Waals surface area contributed by atoms with Gasteiger partial charge >= 0.3 is 0 Å². The monoisotopic (exact) mass is 402 g/mol. The molecule has 2 aliphatic rings. The Balaban J connectivity index is 1.71. The van der Waals surface area contributed by atoms with E-state index in [0.717, 1.165) is 61.2 Å². The van der Waals surface area contributed by atoms with Crippen LogP contribution in [0.4, 0.5) is 5.69 Å². The van der Waals surface area contributed by atoms with E-state index in [1.807, 2.05) is 30.3 Å². The van der Waals surface area contributed by atoms with Gasteiger partial charge in [-0.1, -0.05) is 54.2 Å². The fraction of sp³-hybridized carbons (Fsp3) is 0.409. The van der Waals surface area contributed by atoms with Crippen molar-refractivity contribution in [1.82, 2.24) is 4.90 Å². The van der Waals surface area contributed by atoms with Crippen LogP contribution in [0.15, 0.2) is 36.4 Å². The Hall–Kier alpha value is -1.55. The van der Waals surface area contributed by atoms with Gasteiger partial charge in [-0.2, -0.15) is 0 Å². The number of anilines is 1. The Morgan fingerprint density at radius 1 is 1.11 bits per heavy atom. The first-order chi connectivity index (χ1) is 13.0. The smallest absolute Gasteiger partial charge is 0.227 e. The van der Waals surface area contributed by atoms with Gasteiger partial charge < -0.3 is 10.2 Å². The van der Waals surface area contributed by atoms with Gasteiger partial charge in [-0.25, -0.2) is 0 Å². The third-order valence-electron chi connectivity index (χ3n) is 5.81. The van der Waals surface area contributed by atoms with Crippen LogP contribution in [0.5, 0.6) is 0 Å². The Labute approximate surface area is 170 Å². The molecule has 142 valence electrons. The largest absolute Gasteiger partial charge is 0.326 e. The Bertz CT molecular complexity index is 861. The molecule has 1 unspecified atom stereocenters. The molecule has 1 aliphatic heterocycles. The van der Waals surface area contributed by atoms with Crippen LogP contribution in [0.3, 0.4) is 0 Å². The van der Waals surface area contributed by atoms with Crippen LogP contribution in [0.1, 0.15) is 48.3 Å². The normalized spacial score (nSPS) is 20.5. The van der Waals surface area contributed by atoms with Crippen molar-refractivity contribution < 1.29 is 4.79 Å². The summed E-state index contributed by atoms with van der Waals surface area (Å²) in [6.45, 7) is 1.67. The number of hydrogen-bond acceptors (Lipinski definition) is 2. The number of nitrogens with one attached hydrogen (secondary N) is 1. The number of fused-ring (bicyclic) bond motifs is 1. The molecule has 0 spiro atoms. The highest BCUT2D eigenvalue weighted by Gasteiger charge is 2.29. The molecule has 1 saturated carbocycles. The number of rotatable bonds is 3. The zero-order valence-electron chi connectivity index (χ0n) is 15.5. The minimum Gasteiger partial charge on any atom is -0.326 e. The molecular formula is C22H24Cl2N2O. The van der Waals surface area contributed by atoms with Gasteiger partial charge in [-0.3, -0.25) is 4.79 Å². The van der Waals surface area contributed by atoms with Crippen LogP contribution in [0.2, 0.25) is 10.0 Å². The molecule has 2 aromatic rings. The summed E-state index contributed by atoms with van der Waals surface area (Å²) in [7, 11) is 2.10. The van der Waals surface area contributed by atoms with E-state index in [0.29, 0.717) is 10.0 Å². The lowest BCUT2D eigenvalue weighted by molar-refractivity contribution is -0.119. The van der Waals surface area contributed by atoms with Gasteiger partial charge in [0.1, 0.15) is 0 Å². The molecule has 5 heteroatoms. The maximum absolute atomic E-state index is 12.7. The van der Waals surface area contributed by atoms with E-state index >= 15 is 0 Å². The van der Waals surface area contributed by atoms with Crippen LogP contribution in [-0.2, 0) is 11.3 Å². The summed E-state index contributed by atoms with van der Waals surface area (Å²) in [6, 6.07) is 11.9. The average molecular weight is 403 g/mol. The molecule has 0 bridgehead atoms. The maximum atomic E-state index is 12.7. The quantitative estimate of drug-likeness (QED) is 0.713. The average Bonchev–Trinajstić information content (AvgIpc) is 3.17. The first kappa shape index (κ1) is 18.8. The summed E-state index contributed by atoms with van der Waals surface area (Å²) in [5.74, 6) is 0.409. The predicted octanol–water partition coefficient (Wildman–Crippen LogP) is 5.70. The second-order valence-corrected chi connectivity index (χ2v) is 8.61. The molecule has 1 heterocycles. The van der Waals surface area contributed by atoms with Gasteiger partial charge in [-0.05, 0) is 54.8 Å². The highest BCUT2D eigenvalue weighted by molar-refractivity contribution is 6.35. The van der Waals surface area contributed by atoms with Gasteiger partial charge in [0.25, 0.3) is 0 Å². The van der Waals surface area contributed by atoms with Crippen molar-refractivity contribution in [2.24, 2.45) is 5.92 Å². The molecule has 1 atom stereocenters. The van der Waals surface area contributed by atoms with Crippen molar-refractivity contribution in [3.05, 3.63) is 63.1 Å². The van der Waals surface area contributed by atoms with Crippen molar-refractivity contribution in [2.75, 3.05) is 18.9 Å². The van der Waals surface area contributed by atoms with Crippen molar-refractivity contribution in [1.29, 1.82) is 0 Å². The molecule has 1 aliphatic carbocycles. The summed E-state index contributed by atoms with van der Waals surface area (Å²) in [6.07, 6.45) is 4.29. The molecule has 1 amide bonds. The SMILES string of the molecule is CN1Cc2c(Cl)cc(Cl)cc2C(c2ccccc2NC(=O)C2CCCC2)C1. The molecule has 1 N–H and O–H groups in total. The number of hydrogen-bond donors (Lipinski definition) is 1. The van der Waals surface area contributed by atoms with Gasteiger partial charge in [0, 0.05) is 40.7 Å². The lowest BCUT2D eigenvalue weighted by atomic mass is 9.84. The fourth-order valence-electron chi connectivity index (χ4n) is 4.45. The highest BCUT2D eigenvalue weighted by atomic mass is 35.5. The van der Waals surface area contributed by atoms with Gasteiger partial charge in [0.15, 0.2) is 0 Å². The van der Waals surface area contributed by atoms with Crippen LogP contribution >= 0.6 is 23.2 Å². The van der Waals surface area contributed by atoms with E-state index < -0.39 is 0 Å². The molecule has 2 aromatic carbocycles. The predicted molar refractivity (Wildman–Crippen MR) is 112 cm³/mol. The standard InChI is InChI=1S/C22H24Cl2N2O/c1-26-12-18(17-10-15(23)11-20(24)19(17)13-26)16-8-4-5-9-21(16)25-22(27)14-6-2-3-7-14/h4-5,8-11,14,18H,2-3,6-7,12-13H2,1H3,(H,25,27). The number of carbonyl (C=O) groups excluding carboxylic acids is 1. The fourth-order valence-corrected chi connectivity index (χ4v) is 5.02. The highest BCUT2D eigenvalue weighted by Crippen LogP contribution is 2.40. The summed E-state index contributed by atoms with van der Waals surface area (Å²) in [4.78, 5) is 15.0. The summed E-state index contributed by atoms with van der Waals surface area (Å²) in [5, 5.41) is 4.56. The molecular weight excluding hydrogens is 379 g/mol. The van der Waals surface area contributed by atoms with Gasteiger partial charge in [-0.15, -0.1) is 0 Å². The second-order valence-electron chi connectivity index (χ2n) is 7.76. The molecule has 3 nitrogen and oxygen atoms in total. The third kappa shape index (κ3) is 3.87. The number of benzene rings is 2. The van der Waals surface area contributed by atoms with Crippen LogP contribution < -0.4 is 5.32 Å². The molecule has 0 saturated heterocycles. The van der Waals surface area contributed by atoms with Gasteiger partial charge in [0.2, 0.25) is 5.91 Å². The number of likely N-dealkylation sites (N-methyl/N-ethyl adjacent to an activating group) is 1. The minimum absolute atomic E-state index is 0.120. The summed E-state index contributed by atoms with van der Waals surface area (Å²) < 4.78 is 0. The lowest BCUT2D eigenvalue weighted by Gasteiger charge is -2.34. The van der Waals surface area contributed by atoms with E-state index in [9.17, 15) is 4.79 Å². The molecule has 0 radical (unpaired) electrons. The van der Waals surface area contributed by atoms with Crippen LogP contribution in [0.25, 0.3) is 0 Å². The van der Waals surface area contributed by atoms with Gasteiger partial charge in [0.05, 0.1) is 0 Å². The Morgan fingerprint density at radius 3 is 2.63 bits per heavy atom. The zero-order valence-corrected chi connectivity index (χ0v) is 17.0. The van der Waals surface area contributed by atoms with Crippen LogP contribution in [0, 0.1) is 5.92 Å². The van der Waals surface area contributed by atoms with Crippen molar-refractivity contribution in [2.45, 2.75) is 38.1 Å². The first-order valence-electron chi connectivity index (χ1n) is 9.59. The van der Waals surface area contributed by atoms with Crippen molar-refractivity contribution in [3.8, 4) is 0 Å². The number of carbonyl (C=O) groups is 1. The Kier molecular flexibility index (Phi) is 5.45. The van der Waals surface area contributed by atoms with Crippen molar-refractivity contribution in [3.63, 3.8) is 0 Å². The summed E-state index contributed by atoms with van der Waals surface area (Å²) >= 11 is 12.8. The number of para-hydroxylation sites is 1. The number of nitrogens with zero attached hydrogens (tertiary/aromatic N) is 1. The number of amides is 1. The van der Waals surface area contributed by atoms with Crippen LogP contribution in [-0.4, -0.2) is 24.4 Å². The van der Waals surface area contributed by atoms with E-state index in [4.69, 9.17) is 23.2 Å². The zero-order chi connectivity index (χ0) is 19.0. The molecule has 27 heavy (non-hydrogen) atoms. The third-order valence-corrected chi connectivity index (χ3v) is 6.37. The molecule has 0 aromatic heterocycles. The number of halogens is 2.